The van der Waals surface area contributed by atoms with Gasteiger partial charge in [-0.3, -0.25) is 28.8 Å². The summed E-state index contributed by atoms with van der Waals surface area (Å²) in [5.41, 5.74) is 1.14. The van der Waals surface area contributed by atoms with Crippen LogP contribution < -0.4 is 16.0 Å². The Kier molecular flexibility index (Phi) is 19.8. The topological polar surface area (TPSA) is 179 Å². The molecular weight excluding hydrogens is 896 g/mol. The average molecular weight is 968 g/mol. The van der Waals surface area contributed by atoms with E-state index in [1.807, 2.05) is 71.2 Å². The molecule has 0 radical (unpaired) electrons. The highest BCUT2D eigenvalue weighted by atomic mass is 19.4. The highest BCUT2D eigenvalue weighted by molar-refractivity contribution is 5.97. The molecule has 0 aliphatic carbocycles. The van der Waals surface area contributed by atoms with Crippen LogP contribution in [0, 0.1) is 17.8 Å². The van der Waals surface area contributed by atoms with Gasteiger partial charge >= 0.3 is 12.1 Å². The number of aromatic nitrogens is 1. The SMILES string of the molecule is CCCC[C@@H]1NC(=O)COC(=O)[C@H](C)N(C)C(=O)[C@H](CC(C)C)NC(=O)[C@H](Cc2cn(Cc3ccc(C(F)(F)F)cc3)c3ccccc23)N(C)C(=O)[C@H](CC(C)C)NC(=O)[C@H](CC(C)C)N(C)C1=O. The first-order chi connectivity index (χ1) is 32.3. The number of amides is 6. The van der Waals surface area contributed by atoms with E-state index in [0.717, 1.165) is 17.0 Å². The number of nitrogens with one attached hydrogen (secondary N) is 3. The third-order valence-corrected chi connectivity index (χ3v) is 12.6. The molecule has 18 heteroatoms. The van der Waals surface area contributed by atoms with Crippen molar-refractivity contribution in [3.8, 4) is 0 Å². The molecular formula is C51H72F3N7O8. The number of para-hydroxylation sites is 1. The van der Waals surface area contributed by atoms with Crippen molar-refractivity contribution in [3.05, 3.63) is 71.4 Å². The molecule has 1 fully saturated rings. The monoisotopic (exact) mass is 968 g/mol. The van der Waals surface area contributed by atoms with Crippen LogP contribution in [0.2, 0.25) is 0 Å². The summed E-state index contributed by atoms with van der Waals surface area (Å²) in [4.78, 5) is 103. The Morgan fingerprint density at radius 3 is 1.75 bits per heavy atom. The van der Waals surface area contributed by atoms with E-state index in [-0.39, 0.29) is 56.4 Å². The smallest absolute Gasteiger partial charge is 0.416 e. The molecule has 2 heterocycles. The van der Waals surface area contributed by atoms with E-state index in [0.29, 0.717) is 34.9 Å². The second-order valence-corrected chi connectivity index (χ2v) is 19.6. The number of alkyl halides is 3. The van der Waals surface area contributed by atoms with E-state index in [1.54, 1.807) is 12.3 Å². The number of hydrogen-bond acceptors (Lipinski definition) is 8. The molecule has 0 unspecified atom stereocenters. The minimum absolute atomic E-state index is 0.0911. The first-order valence-electron chi connectivity index (χ1n) is 23.9. The zero-order valence-electron chi connectivity index (χ0n) is 41.9. The fourth-order valence-electron chi connectivity index (χ4n) is 8.59. The number of cyclic esters (lactones) is 1. The van der Waals surface area contributed by atoms with Gasteiger partial charge in [-0.15, -0.1) is 0 Å². The number of unbranched alkanes of at least 4 members (excludes halogenated alkanes) is 1. The van der Waals surface area contributed by atoms with Crippen LogP contribution in [-0.4, -0.2) is 125 Å². The van der Waals surface area contributed by atoms with E-state index in [1.165, 1.54) is 50.0 Å². The van der Waals surface area contributed by atoms with Crippen LogP contribution in [0.3, 0.4) is 0 Å². The van der Waals surface area contributed by atoms with E-state index in [2.05, 4.69) is 16.0 Å². The lowest BCUT2D eigenvalue weighted by Crippen LogP contribution is -2.60. The van der Waals surface area contributed by atoms with Gasteiger partial charge in [-0.25, -0.2) is 4.79 Å². The van der Waals surface area contributed by atoms with Gasteiger partial charge in [0.05, 0.1) is 5.56 Å². The van der Waals surface area contributed by atoms with Gasteiger partial charge in [-0.1, -0.05) is 91.6 Å². The Morgan fingerprint density at radius 2 is 1.20 bits per heavy atom. The Hall–Kier alpha value is -5.94. The molecule has 3 aromatic rings. The summed E-state index contributed by atoms with van der Waals surface area (Å²) < 4.78 is 47.5. The van der Waals surface area contributed by atoms with Crippen molar-refractivity contribution >= 4 is 52.3 Å². The summed E-state index contributed by atoms with van der Waals surface area (Å²) in [6.07, 6.45) is -0.832. The molecule has 1 saturated heterocycles. The average Bonchev–Trinajstić information content (AvgIpc) is 3.63. The third kappa shape index (κ3) is 15.0. The minimum atomic E-state index is -4.51. The second-order valence-electron chi connectivity index (χ2n) is 19.6. The number of halogens is 3. The second kappa shape index (κ2) is 24.6. The lowest BCUT2D eigenvalue weighted by atomic mass is 9.97. The maximum Gasteiger partial charge on any atom is 0.416 e. The summed E-state index contributed by atoms with van der Waals surface area (Å²) in [7, 11) is 4.30. The van der Waals surface area contributed by atoms with Crippen molar-refractivity contribution in [2.45, 2.75) is 149 Å². The zero-order chi connectivity index (χ0) is 51.5. The molecule has 1 aromatic heterocycles. The number of carbonyl (C=O) groups is 7. The van der Waals surface area contributed by atoms with E-state index in [9.17, 15) is 41.9 Å². The number of likely N-dealkylation sites (N-methyl/N-ethyl adjacent to an activating group) is 3. The van der Waals surface area contributed by atoms with Crippen molar-refractivity contribution in [2.24, 2.45) is 17.8 Å². The van der Waals surface area contributed by atoms with Crippen molar-refractivity contribution in [1.82, 2.24) is 35.2 Å². The van der Waals surface area contributed by atoms with E-state index >= 15 is 4.79 Å². The number of benzene rings is 2. The minimum Gasteiger partial charge on any atom is -0.454 e. The predicted octanol–water partition coefficient (Wildman–Crippen LogP) is 6.09. The van der Waals surface area contributed by atoms with Gasteiger partial charge in [0.15, 0.2) is 6.61 Å². The van der Waals surface area contributed by atoms with Gasteiger partial charge in [-0.05, 0) is 79.7 Å². The molecule has 380 valence electrons. The van der Waals surface area contributed by atoms with Gasteiger partial charge in [0.1, 0.15) is 36.3 Å². The Morgan fingerprint density at radius 1 is 0.681 bits per heavy atom. The highest BCUT2D eigenvalue weighted by Gasteiger charge is 2.40. The Labute approximate surface area is 404 Å². The molecule has 1 aliphatic rings. The quantitative estimate of drug-likeness (QED) is 0.172. The molecule has 6 amide bonds. The van der Waals surface area contributed by atoms with Crippen LogP contribution in [0.25, 0.3) is 10.9 Å². The van der Waals surface area contributed by atoms with Crippen molar-refractivity contribution in [2.75, 3.05) is 27.7 Å². The van der Waals surface area contributed by atoms with Gasteiger partial charge in [0.2, 0.25) is 29.5 Å². The lowest BCUT2D eigenvalue weighted by Gasteiger charge is -2.35. The number of carbonyl (C=O) groups excluding carboxylic acids is 7. The Balaban J connectivity index is 1.87. The number of hydrogen-bond donors (Lipinski definition) is 3. The highest BCUT2D eigenvalue weighted by Crippen LogP contribution is 2.30. The fraction of sp³-hybridized carbons (Fsp3) is 0.588. The summed E-state index contributed by atoms with van der Waals surface area (Å²) in [5.74, 6) is -5.14. The standard InChI is InChI=1S/C51H72F3N7O8/c1-12-13-17-38-47(65)59(10)42(25-32(6)7)45(63)57-40(24-31(4)5)49(67)60(11)43(46(64)56-39(23-30(2)3)48(66)58(9)33(8)50(68)69-29-44(62)55-38)26-35-28-61(41-18-15-14-16-37(35)41)27-34-19-21-36(22-20-34)51(52,53)54/h14-16,18-22,28,30-33,38-40,42-43H,12-13,17,23-27,29H2,1-11H3,(H,55,62)(H,56,64)(H,57,63)/t33-,38-,39-,40-,42-,43-/m0/s1. The molecule has 1 aliphatic heterocycles. The van der Waals surface area contributed by atoms with Crippen LogP contribution in [0.5, 0.6) is 0 Å². The molecule has 15 nitrogen and oxygen atoms in total. The molecule has 0 spiro atoms. The third-order valence-electron chi connectivity index (χ3n) is 12.6. The van der Waals surface area contributed by atoms with E-state index in [4.69, 9.17) is 4.74 Å². The first-order valence-corrected chi connectivity index (χ1v) is 23.9. The number of esters is 1. The fourth-order valence-corrected chi connectivity index (χ4v) is 8.59. The maximum absolute atomic E-state index is 15.0. The van der Waals surface area contributed by atoms with Crippen LogP contribution in [-0.2, 0) is 57.4 Å². The summed E-state index contributed by atoms with van der Waals surface area (Å²) in [5, 5.41) is 9.21. The van der Waals surface area contributed by atoms with Crippen molar-refractivity contribution in [1.29, 1.82) is 0 Å². The van der Waals surface area contributed by atoms with Crippen LogP contribution in [0.15, 0.2) is 54.7 Å². The van der Waals surface area contributed by atoms with Crippen molar-refractivity contribution in [3.63, 3.8) is 0 Å². The number of rotatable bonds is 13. The largest absolute Gasteiger partial charge is 0.454 e. The van der Waals surface area contributed by atoms with Gasteiger partial charge in [0.25, 0.3) is 5.91 Å². The summed E-state index contributed by atoms with van der Waals surface area (Å²) >= 11 is 0. The summed E-state index contributed by atoms with van der Waals surface area (Å²) in [6.45, 7) is 14.0. The van der Waals surface area contributed by atoms with Crippen LogP contribution >= 0.6 is 0 Å². The van der Waals surface area contributed by atoms with Crippen LogP contribution in [0.1, 0.15) is 111 Å². The molecule has 6 atom stereocenters. The predicted molar refractivity (Wildman–Crippen MR) is 256 cm³/mol. The number of nitrogens with zero attached hydrogens (tertiary/aromatic N) is 4. The molecule has 4 rings (SSSR count). The molecule has 0 saturated carbocycles. The van der Waals surface area contributed by atoms with E-state index < -0.39 is 96.0 Å². The first kappa shape index (κ1) is 55.7. The normalized spacial score (nSPS) is 22.6. The van der Waals surface area contributed by atoms with Gasteiger partial charge < -0.3 is 40.0 Å². The van der Waals surface area contributed by atoms with Crippen molar-refractivity contribution < 1.29 is 51.5 Å². The number of ether oxygens (including phenoxy) is 1. The maximum atomic E-state index is 15.0. The molecule has 3 N–H and O–H groups in total. The molecule has 0 bridgehead atoms. The lowest BCUT2D eigenvalue weighted by molar-refractivity contribution is -0.157. The summed E-state index contributed by atoms with van der Waals surface area (Å²) in [6, 6.07) is 5.12. The van der Waals surface area contributed by atoms with Gasteiger partial charge in [-0.2, -0.15) is 13.2 Å². The Bertz CT molecular complexity index is 2280. The zero-order valence-corrected chi connectivity index (χ0v) is 41.9. The molecule has 69 heavy (non-hydrogen) atoms. The van der Waals surface area contributed by atoms with Crippen LogP contribution in [0.4, 0.5) is 13.2 Å². The molecule has 2 aromatic carbocycles. The number of fused-ring (bicyclic) bond motifs is 1. The van der Waals surface area contributed by atoms with Gasteiger partial charge in [0, 0.05) is 51.2 Å².